The Kier molecular flexibility index (Phi) is 5.82. The van der Waals surface area contributed by atoms with Gasteiger partial charge in [0, 0.05) is 36.9 Å². The van der Waals surface area contributed by atoms with Crippen LogP contribution in [0.4, 0.5) is 5.69 Å². The number of nitrogens with one attached hydrogen (secondary N) is 2. The summed E-state index contributed by atoms with van der Waals surface area (Å²) in [6.07, 6.45) is 0.484. The van der Waals surface area contributed by atoms with Crippen molar-refractivity contribution in [2.75, 3.05) is 32.2 Å². The zero-order valence-electron chi connectivity index (χ0n) is 14.9. The maximum Gasteiger partial charge on any atom is 0.255 e. The highest BCUT2D eigenvalue weighted by Gasteiger charge is 2.39. The lowest BCUT2D eigenvalue weighted by Gasteiger charge is -2.29. The quantitative estimate of drug-likeness (QED) is 0.514. The SMILES string of the molecule is COCCOCC(=O)Nc1cccc2c1CN(C1CCC(=O)NC1=O)C2=O. The summed E-state index contributed by atoms with van der Waals surface area (Å²) in [7, 11) is 1.54. The zero-order chi connectivity index (χ0) is 19.4. The van der Waals surface area contributed by atoms with Gasteiger partial charge in [0.2, 0.25) is 17.7 Å². The van der Waals surface area contributed by atoms with Crippen LogP contribution in [0, 0.1) is 0 Å². The minimum absolute atomic E-state index is 0.127. The van der Waals surface area contributed by atoms with E-state index in [1.54, 1.807) is 25.3 Å². The van der Waals surface area contributed by atoms with Gasteiger partial charge in [0.05, 0.1) is 13.2 Å². The van der Waals surface area contributed by atoms with Crippen molar-refractivity contribution in [3.8, 4) is 0 Å². The number of nitrogens with zero attached hydrogens (tertiary/aromatic N) is 1. The number of ether oxygens (including phenoxy) is 2. The molecule has 0 saturated carbocycles. The lowest BCUT2D eigenvalue weighted by atomic mass is 10.0. The topological polar surface area (TPSA) is 114 Å². The van der Waals surface area contributed by atoms with Crippen molar-refractivity contribution in [3.05, 3.63) is 29.3 Å². The average Bonchev–Trinajstić information content (AvgIpc) is 2.97. The first-order valence-electron chi connectivity index (χ1n) is 8.64. The zero-order valence-corrected chi connectivity index (χ0v) is 14.9. The minimum Gasteiger partial charge on any atom is -0.382 e. The number of methoxy groups -OCH3 is 1. The molecule has 9 nitrogen and oxygen atoms in total. The molecule has 0 radical (unpaired) electrons. The fourth-order valence-electron chi connectivity index (χ4n) is 3.20. The van der Waals surface area contributed by atoms with E-state index in [0.29, 0.717) is 36.4 Å². The summed E-state index contributed by atoms with van der Waals surface area (Å²) in [6, 6.07) is 4.34. The molecule has 3 rings (SSSR count). The Balaban J connectivity index is 1.69. The van der Waals surface area contributed by atoms with Gasteiger partial charge in [-0.05, 0) is 18.6 Å². The monoisotopic (exact) mass is 375 g/mol. The lowest BCUT2D eigenvalue weighted by Crippen LogP contribution is -2.52. The van der Waals surface area contributed by atoms with E-state index in [1.807, 2.05) is 0 Å². The van der Waals surface area contributed by atoms with Crippen LogP contribution >= 0.6 is 0 Å². The molecule has 0 aliphatic carbocycles. The van der Waals surface area contributed by atoms with E-state index in [0.717, 1.165) is 0 Å². The predicted octanol–water partition coefficient (Wildman–Crippen LogP) is 0.0491. The highest BCUT2D eigenvalue weighted by molar-refractivity contribution is 6.06. The molecule has 2 heterocycles. The Morgan fingerprint density at radius 2 is 2.11 bits per heavy atom. The van der Waals surface area contributed by atoms with Gasteiger partial charge in [-0.25, -0.2) is 0 Å². The molecule has 0 aromatic heterocycles. The highest BCUT2D eigenvalue weighted by Crippen LogP contribution is 2.32. The summed E-state index contributed by atoms with van der Waals surface area (Å²) in [4.78, 5) is 49.6. The molecule has 2 aliphatic rings. The van der Waals surface area contributed by atoms with Gasteiger partial charge < -0.3 is 19.7 Å². The average molecular weight is 375 g/mol. The molecule has 1 unspecified atom stereocenters. The van der Waals surface area contributed by atoms with Crippen LogP contribution in [0.15, 0.2) is 18.2 Å². The molecule has 27 heavy (non-hydrogen) atoms. The van der Waals surface area contributed by atoms with Gasteiger partial charge in [0.1, 0.15) is 12.6 Å². The molecule has 4 amide bonds. The van der Waals surface area contributed by atoms with E-state index in [2.05, 4.69) is 10.6 Å². The summed E-state index contributed by atoms with van der Waals surface area (Å²) in [5, 5.41) is 5.01. The Hall–Kier alpha value is -2.78. The van der Waals surface area contributed by atoms with Gasteiger partial charge in [-0.15, -0.1) is 0 Å². The van der Waals surface area contributed by atoms with Crippen LogP contribution in [0.2, 0.25) is 0 Å². The Morgan fingerprint density at radius 1 is 1.30 bits per heavy atom. The normalized spacial score (nSPS) is 19.1. The van der Waals surface area contributed by atoms with Crippen molar-refractivity contribution in [1.82, 2.24) is 10.2 Å². The van der Waals surface area contributed by atoms with Gasteiger partial charge in [-0.3, -0.25) is 24.5 Å². The summed E-state index contributed by atoms with van der Waals surface area (Å²) in [5.41, 5.74) is 1.60. The molecule has 144 valence electrons. The van der Waals surface area contributed by atoms with Crippen molar-refractivity contribution in [2.24, 2.45) is 0 Å². The first-order valence-corrected chi connectivity index (χ1v) is 8.64. The van der Waals surface area contributed by atoms with Crippen LogP contribution in [0.1, 0.15) is 28.8 Å². The van der Waals surface area contributed by atoms with E-state index >= 15 is 0 Å². The molecule has 2 aliphatic heterocycles. The molecule has 1 fully saturated rings. The van der Waals surface area contributed by atoms with Crippen molar-refractivity contribution in [2.45, 2.75) is 25.4 Å². The second kappa shape index (κ2) is 8.28. The molecular formula is C18H21N3O6. The van der Waals surface area contributed by atoms with Crippen LogP contribution < -0.4 is 10.6 Å². The number of imide groups is 1. The summed E-state index contributed by atoms with van der Waals surface area (Å²) < 4.78 is 10.0. The number of piperidine rings is 1. The van der Waals surface area contributed by atoms with Crippen LogP contribution in [-0.4, -0.2) is 61.5 Å². The molecule has 0 bridgehead atoms. The number of fused-ring (bicyclic) bond motifs is 1. The third-order valence-electron chi connectivity index (χ3n) is 4.52. The van der Waals surface area contributed by atoms with Crippen molar-refractivity contribution in [3.63, 3.8) is 0 Å². The van der Waals surface area contributed by atoms with Crippen molar-refractivity contribution < 1.29 is 28.7 Å². The van der Waals surface area contributed by atoms with Gasteiger partial charge in [0.15, 0.2) is 0 Å². The number of anilines is 1. The molecular weight excluding hydrogens is 354 g/mol. The summed E-state index contributed by atoms with van der Waals surface area (Å²) in [5.74, 6) is -1.43. The van der Waals surface area contributed by atoms with Crippen LogP contribution in [0.25, 0.3) is 0 Å². The maximum absolute atomic E-state index is 12.7. The molecule has 0 spiro atoms. The van der Waals surface area contributed by atoms with E-state index in [4.69, 9.17) is 9.47 Å². The fourth-order valence-corrected chi connectivity index (χ4v) is 3.20. The van der Waals surface area contributed by atoms with Gasteiger partial charge in [-0.2, -0.15) is 0 Å². The molecule has 1 saturated heterocycles. The van der Waals surface area contributed by atoms with E-state index in [9.17, 15) is 19.2 Å². The molecule has 9 heteroatoms. The Labute approximate surface area is 156 Å². The fraction of sp³-hybridized carbons (Fsp3) is 0.444. The molecule has 1 atom stereocenters. The number of amides is 4. The second-order valence-corrected chi connectivity index (χ2v) is 6.33. The third-order valence-corrected chi connectivity index (χ3v) is 4.52. The molecule has 1 aromatic rings. The highest BCUT2D eigenvalue weighted by atomic mass is 16.5. The molecule has 1 aromatic carbocycles. The smallest absolute Gasteiger partial charge is 0.255 e. The number of hydrogen-bond acceptors (Lipinski definition) is 6. The Morgan fingerprint density at radius 3 is 2.85 bits per heavy atom. The molecule has 2 N–H and O–H groups in total. The van der Waals surface area contributed by atoms with E-state index in [1.165, 1.54) is 4.90 Å². The van der Waals surface area contributed by atoms with Crippen LogP contribution in [-0.2, 0) is 30.4 Å². The standard InChI is InChI=1S/C18H21N3O6/c1-26-7-8-27-10-16(23)19-13-4-2-3-11-12(13)9-21(18(11)25)14-5-6-15(22)20-17(14)24/h2-4,14H,5-10H2,1H3,(H,19,23)(H,20,22,24). The second-order valence-electron chi connectivity index (χ2n) is 6.33. The number of carbonyl (C=O) groups excluding carboxylic acids is 4. The number of benzene rings is 1. The van der Waals surface area contributed by atoms with E-state index < -0.39 is 11.9 Å². The largest absolute Gasteiger partial charge is 0.382 e. The number of carbonyl (C=O) groups is 4. The first kappa shape index (κ1) is 19.0. The third kappa shape index (κ3) is 4.15. The van der Waals surface area contributed by atoms with E-state index in [-0.39, 0.29) is 37.3 Å². The van der Waals surface area contributed by atoms with Crippen LogP contribution in [0.5, 0.6) is 0 Å². The predicted molar refractivity (Wildman–Crippen MR) is 93.8 cm³/mol. The van der Waals surface area contributed by atoms with Gasteiger partial charge in [-0.1, -0.05) is 6.07 Å². The summed E-state index contributed by atoms with van der Waals surface area (Å²) >= 11 is 0. The Bertz CT molecular complexity index is 778. The van der Waals surface area contributed by atoms with Gasteiger partial charge in [0.25, 0.3) is 5.91 Å². The number of rotatable bonds is 7. The minimum atomic E-state index is -0.691. The first-order chi connectivity index (χ1) is 13.0. The maximum atomic E-state index is 12.7. The van der Waals surface area contributed by atoms with Crippen molar-refractivity contribution >= 4 is 29.3 Å². The summed E-state index contributed by atoms with van der Waals surface area (Å²) in [6.45, 7) is 0.765. The van der Waals surface area contributed by atoms with Crippen LogP contribution in [0.3, 0.4) is 0 Å². The van der Waals surface area contributed by atoms with Crippen molar-refractivity contribution in [1.29, 1.82) is 0 Å². The lowest BCUT2D eigenvalue weighted by molar-refractivity contribution is -0.137. The number of hydrogen-bond donors (Lipinski definition) is 2. The van der Waals surface area contributed by atoms with Gasteiger partial charge >= 0.3 is 0 Å².